The van der Waals surface area contributed by atoms with Gasteiger partial charge in [0.05, 0.1) is 21.4 Å². The van der Waals surface area contributed by atoms with Crippen LogP contribution in [0.25, 0.3) is 0 Å². The molecular formula is C20H22ClN3O2S. The maximum Gasteiger partial charge on any atom is 0.206 e. The van der Waals surface area contributed by atoms with E-state index in [9.17, 15) is 8.42 Å². The van der Waals surface area contributed by atoms with Gasteiger partial charge in [0.1, 0.15) is 0 Å². The number of nitrogens with zero attached hydrogens (tertiary/aromatic N) is 2. The van der Waals surface area contributed by atoms with Crippen LogP contribution in [0.5, 0.6) is 0 Å². The Bertz CT molecular complexity index is 979. The molecule has 0 radical (unpaired) electrons. The fourth-order valence-electron chi connectivity index (χ4n) is 3.94. The predicted molar refractivity (Wildman–Crippen MR) is 107 cm³/mol. The van der Waals surface area contributed by atoms with Gasteiger partial charge >= 0.3 is 0 Å². The molecule has 4 rings (SSSR count). The van der Waals surface area contributed by atoms with Gasteiger partial charge in [-0.15, -0.1) is 12.4 Å². The molecule has 2 heterocycles. The van der Waals surface area contributed by atoms with Crippen LogP contribution in [0.4, 0.5) is 5.69 Å². The summed E-state index contributed by atoms with van der Waals surface area (Å²) in [6.07, 6.45) is 3.13. The Kier molecular flexibility index (Phi) is 5.75. The Labute approximate surface area is 166 Å². The van der Waals surface area contributed by atoms with Gasteiger partial charge in [-0.2, -0.15) is 5.26 Å². The third-order valence-corrected chi connectivity index (χ3v) is 7.06. The molecule has 2 aromatic carbocycles. The van der Waals surface area contributed by atoms with Crippen LogP contribution >= 0.6 is 12.4 Å². The number of piperidine rings is 1. The maximum absolute atomic E-state index is 13.0. The molecule has 142 valence electrons. The summed E-state index contributed by atoms with van der Waals surface area (Å²) in [5.74, 6) is 0. The highest BCUT2D eigenvalue weighted by molar-refractivity contribution is 7.91. The highest BCUT2D eigenvalue weighted by Gasteiger charge is 2.29. The van der Waals surface area contributed by atoms with Crippen molar-refractivity contribution in [2.24, 2.45) is 0 Å². The molecule has 0 saturated carbocycles. The van der Waals surface area contributed by atoms with Crippen molar-refractivity contribution in [1.82, 2.24) is 5.32 Å². The second-order valence-corrected chi connectivity index (χ2v) is 8.81. The average molecular weight is 404 g/mol. The predicted octanol–water partition coefficient (Wildman–Crippen LogP) is 2.93. The third kappa shape index (κ3) is 3.68. The quantitative estimate of drug-likeness (QED) is 0.852. The molecule has 2 aliphatic heterocycles. The monoisotopic (exact) mass is 403 g/mol. The first-order valence-electron chi connectivity index (χ1n) is 8.95. The largest absolute Gasteiger partial charge is 0.368 e. The molecule has 5 nitrogen and oxygen atoms in total. The van der Waals surface area contributed by atoms with E-state index in [1.807, 2.05) is 18.2 Å². The first-order chi connectivity index (χ1) is 12.6. The number of halogens is 1. The van der Waals surface area contributed by atoms with E-state index in [0.29, 0.717) is 16.5 Å². The number of nitrogens with one attached hydrogen (secondary N) is 1. The molecule has 0 aliphatic carbocycles. The SMILES string of the molecule is Cl.N#Cc1cccc(S(=O)(=O)c2ccc3c(c2)CCN3C2CCNCC2)c1. The molecule has 0 spiro atoms. The number of rotatable bonds is 3. The van der Waals surface area contributed by atoms with Crippen molar-refractivity contribution >= 4 is 27.9 Å². The van der Waals surface area contributed by atoms with Crippen molar-refractivity contribution in [1.29, 1.82) is 5.26 Å². The van der Waals surface area contributed by atoms with E-state index in [-0.39, 0.29) is 17.3 Å². The van der Waals surface area contributed by atoms with E-state index < -0.39 is 9.84 Å². The molecule has 1 fully saturated rings. The highest BCUT2D eigenvalue weighted by Crippen LogP contribution is 2.34. The fraction of sp³-hybridized carbons (Fsp3) is 0.350. The number of hydrogen-bond donors (Lipinski definition) is 1. The summed E-state index contributed by atoms with van der Waals surface area (Å²) in [4.78, 5) is 2.91. The van der Waals surface area contributed by atoms with Crippen molar-refractivity contribution in [2.45, 2.75) is 35.1 Å². The number of benzene rings is 2. The normalized spacial score (nSPS) is 17.1. The lowest BCUT2D eigenvalue weighted by Crippen LogP contribution is -2.42. The lowest BCUT2D eigenvalue weighted by Gasteiger charge is -2.33. The zero-order valence-electron chi connectivity index (χ0n) is 14.9. The van der Waals surface area contributed by atoms with Crippen LogP contribution in [-0.4, -0.2) is 34.1 Å². The van der Waals surface area contributed by atoms with Crippen LogP contribution in [0.1, 0.15) is 24.0 Å². The van der Waals surface area contributed by atoms with Crippen molar-refractivity contribution in [3.05, 3.63) is 53.6 Å². The first-order valence-corrected chi connectivity index (χ1v) is 10.4. The van der Waals surface area contributed by atoms with Crippen molar-refractivity contribution in [3.8, 4) is 6.07 Å². The standard InChI is InChI=1S/C20H21N3O2S.ClH/c21-14-15-2-1-3-18(12-15)26(24,25)19-4-5-20-16(13-19)8-11-23(20)17-6-9-22-10-7-17;/h1-5,12-13,17,22H,6-11H2;1H. The number of fused-ring (bicyclic) bond motifs is 1. The van der Waals surface area contributed by atoms with Gasteiger partial charge in [0.25, 0.3) is 0 Å². The first kappa shape index (κ1) is 19.7. The summed E-state index contributed by atoms with van der Waals surface area (Å²) >= 11 is 0. The summed E-state index contributed by atoms with van der Waals surface area (Å²) in [6.45, 7) is 3.03. The van der Waals surface area contributed by atoms with Gasteiger partial charge in [0.2, 0.25) is 9.84 Å². The third-order valence-electron chi connectivity index (χ3n) is 5.32. The minimum atomic E-state index is -3.62. The van der Waals surface area contributed by atoms with Crippen molar-refractivity contribution < 1.29 is 8.42 Å². The number of sulfone groups is 1. The summed E-state index contributed by atoms with van der Waals surface area (Å²) in [6, 6.07) is 14.2. The molecule has 0 aromatic heterocycles. The van der Waals surface area contributed by atoms with Crippen LogP contribution in [0.3, 0.4) is 0 Å². The fourth-order valence-corrected chi connectivity index (χ4v) is 5.29. The molecule has 1 saturated heterocycles. The highest BCUT2D eigenvalue weighted by atomic mass is 35.5. The zero-order valence-corrected chi connectivity index (χ0v) is 16.5. The molecule has 0 amide bonds. The van der Waals surface area contributed by atoms with E-state index in [4.69, 9.17) is 5.26 Å². The van der Waals surface area contributed by atoms with Crippen LogP contribution in [0.15, 0.2) is 52.3 Å². The van der Waals surface area contributed by atoms with Gasteiger partial charge in [0, 0.05) is 18.3 Å². The van der Waals surface area contributed by atoms with Gasteiger partial charge in [-0.05, 0) is 74.3 Å². The summed E-state index contributed by atoms with van der Waals surface area (Å²) in [7, 11) is -3.62. The second kappa shape index (κ2) is 7.89. The Morgan fingerprint density at radius 2 is 1.81 bits per heavy atom. The van der Waals surface area contributed by atoms with Crippen molar-refractivity contribution in [3.63, 3.8) is 0 Å². The topological polar surface area (TPSA) is 73.2 Å². The molecule has 2 aromatic rings. The van der Waals surface area contributed by atoms with E-state index in [2.05, 4.69) is 10.2 Å². The van der Waals surface area contributed by atoms with Crippen LogP contribution in [0.2, 0.25) is 0 Å². The molecule has 1 N–H and O–H groups in total. The lowest BCUT2D eigenvalue weighted by atomic mass is 10.0. The molecule has 0 atom stereocenters. The molecule has 0 bridgehead atoms. The van der Waals surface area contributed by atoms with Gasteiger partial charge in [0.15, 0.2) is 0 Å². The van der Waals surface area contributed by atoms with Gasteiger partial charge < -0.3 is 10.2 Å². The Morgan fingerprint density at radius 1 is 1.07 bits per heavy atom. The van der Waals surface area contributed by atoms with E-state index in [0.717, 1.165) is 44.5 Å². The summed E-state index contributed by atoms with van der Waals surface area (Å²) in [5, 5.41) is 12.4. The molecule has 27 heavy (non-hydrogen) atoms. The van der Waals surface area contributed by atoms with E-state index in [1.54, 1.807) is 24.3 Å². The zero-order chi connectivity index (χ0) is 18.1. The maximum atomic E-state index is 13.0. The number of anilines is 1. The minimum Gasteiger partial charge on any atom is -0.368 e. The Morgan fingerprint density at radius 3 is 2.56 bits per heavy atom. The van der Waals surface area contributed by atoms with Gasteiger partial charge in [-0.3, -0.25) is 0 Å². The molecule has 0 unspecified atom stereocenters. The minimum absolute atomic E-state index is 0. The van der Waals surface area contributed by atoms with Crippen LogP contribution in [0, 0.1) is 11.3 Å². The molecule has 7 heteroatoms. The number of hydrogen-bond acceptors (Lipinski definition) is 5. The van der Waals surface area contributed by atoms with Gasteiger partial charge in [-0.25, -0.2) is 8.42 Å². The lowest BCUT2D eigenvalue weighted by molar-refractivity contribution is 0.435. The average Bonchev–Trinajstić information content (AvgIpc) is 3.12. The van der Waals surface area contributed by atoms with Gasteiger partial charge in [-0.1, -0.05) is 6.07 Å². The smallest absolute Gasteiger partial charge is 0.206 e. The second-order valence-electron chi connectivity index (χ2n) is 6.86. The van der Waals surface area contributed by atoms with Crippen LogP contribution in [-0.2, 0) is 16.3 Å². The van der Waals surface area contributed by atoms with E-state index >= 15 is 0 Å². The number of nitriles is 1. The van der Waals surface area contributed by atoms with Crippen molar-refractivity contribution in [2.75, 3.05) is 24.5 Å². The van der Waals surface area contributed by atoms with E-state index in [1.165, 1.54) is 11.8 Å². The molecule has 2 aliphatic rings. The Hall–Kier alpha value is -2.07. The Balaban J connectivity index is 0.00000210. The van der Waals surface area contributed by atoms with Crippen LogP contribution < -0.4 is 10.2 Å². The summed E-state index contributed by atoms with van der Waals surface area (Å²) < 4.78 is 25.9. The summed E-state index contributed by atoms with van der Waals surface area (Å²) in [5.41, 5.74) is 2.62. The molecular weight excluding hydrogens is 382 g/mol.